The van der Waals surface area contributed by atoms with E-state index >= 15 is 0 Å². The third kappa shape index (κ3) is 2.46. The lowest BCUT2D eigenvalue weighted by atomic mass is 10.2. The fourth-order valence-electron chi connectivity index (χ4n) is 2.35. The molecule has 0 saturated carbocycles. The van der Waals surface area contributed by atoms with Gasteiger partial charge in [-0.3, -0.25) is 4.79 Å². The molecule has 3 rings (SSSR count). The SMILES string of the molecule is O=C(Cn1ccc2ccc(F)cc21)N1CCOCC1. The number of hydrogen-bond donors (Lipinski definition) is 0. The molecule has 1 aliphatic rings. The molecule has 0 unspecified atom stereocenters. The van der Waals surface area contributed by atoms with Crippen LogP contribution in [0.5, 0.6) is 0 Å². The molecule has 19 heavy (non-hydrogen) atoms. The number of benzene rings is 1. The molecular weight excluding hydrogens is 247 g/mol. The molecule has 0 radical (unpaired) electrons. The van der Waals surface area contributed by atoms with Gasteiger partial charge < -0.3 is 14.2 Å². The molecule has 2 heterocycles. The monoisotopic (exact) mass is 262 g/mol. The molecule has 1 amide bonds. The van der Waals surface area contributed by atoms with Crippen molar-refractivity contribution in [3.63, 3.8) is 0 Å². The van der Waals surface area contributed by atoms with E-state index in [0.717, 1.165) is 10.9 Å². The van der Waals surface area contributed by atoms with E-state index in [-0.39, 0.29) is 18.3 Å². The van der Waals surface area contributed by atoms with Crippen LogP contribution >= 0.6 is 0 Å². The molecule has 0 N–H and O–H groups in total. The number of amides is 1. The molecular formula is C14H15FN2O2. The molecule has 0 spiro atoms. The first-order valence-corrected chi connectivity index (χ1v) is 6.34. The number of morpholine rings is 1. The summed E-state index contributed by atoms with van der Waals surface area (Å²) in [5.74, 6) is -0.240. The van der Waals surface area contributed by atoms with Crippen LogP contribution in [-0.4, -0.2) is 41.7 Å². The van der Waals surface area contributed by atoms with Gasteiger partial charge in [-0.15, -0.1) is 0 Å². The highest BCUT2D eigenvalue weighted by molar-refractivity contribution is 5.83. The zero-order valence-electron chi connectivity index (χ0n) is 10.5. The van der Waals surface area contributed by atoms with Crippen LogP contribution in [-0.2, 0) is 16.1 Å². The van der Waals surface area contributed by atoms with E-state index in [1.54, 1.807) is 15.5 Å². The van der Waals surface area contributed by atoms with Gasteiger partial charge in [-0.25, -0.2) is 4.39 Å². The Morgan fingerprint density at radius 1 is 1.26 bits per heavy atom. The van der Waals surface area contributed by atoms with Gasteiger partial charge in [0, 0.05) is 19.3 Å². The summed E-state index contributed by atoms with van der Waals surface area (Å²) in [6, 6.07) is 6.50. The Labute approximate surface area is 110 Å². The summed E-state index contributed by atoms with van der Waals surface area (Å²) in [7, 11) is 0. The number of nitrogens with zero attached hydrogens (tertiary/aromatic N) is 2. The number of rotatable bonds is 2. The minimum atomic E-state index is -0.286. The zero-order valence-corrected chi connectivity index (χ0v) is 10.5. The molecule has 4 nitrogen and oxygen atoms in total. The van der Waals surface area contributed by atoms with Crippen LogP contribution < -0.4 is 0 Å². The number of aromatic nitrogens is 1. The van der Waals surface area contributed by atoms with E-state index in [0.29, 0.717) is 26.3 Å². The van der Waals surface area contributed by atoms with Gasteiger partial charge >= 0.3 is 0 Å². The summed E-state index contributed by atoms with van der Waals surface area (Å²) >= 11 is 0. The number of carbonyl (C=O) groups is 1. The van der Waals surface area contributed by atoms with Crippen molar-refractivity contribution in [3.8, 4) is 0 Å². The normalized spacial score (nSPS) is 15.9. The van der Waals surface area contributed by atoms with Crippen LogP contribution in [0.1, 0.15) is 0 Å². The van der Waals surface area contributed by atoms with Crippen molar-refractivity contribution in [1.82, 2.24) is 9.47 Å². The lowest BCUT2D eigenvalue weighted by molar-refractivity contribution is -0.135. The lowest BCUT2D eigenvalue weighted by Crippen LogP contribution is -2.42. The summed E-state index contributed by atoms with van der Waals surface area (Å²) in [5.41, 5.74) is 0.751. The van der Waals surface area contributed by atoms with Crippen LogP contribution in [0.15, 0.2) is 30.5 Å². The van der Waals surface area contributed by atoms with Crippen LogP contribution in [0.4, 0.5) is 4.39 Å². The molecule has 1 saturated heterocycles. The number of carbonyl (C=O) groups excluding carboxylic acids is 1. The van der Waals surface area contributed by atoms with Gasteiger partial charge in [-0.1, -0.05) is 0 Å². The predicted molar refractivity (Wildman–Crippen MR) is 69.3 cm³/mol. The quantitative estimate of drug-likeness (QED) is 0.824. The average molecular weight is 262 g/mol. The average Bonchev–Trinajstić information content (AvgIpc) is 2.82. The number of halogens is 1. The second-order valence-corrected chi connectivity index (χ2v) is 4.64. The standard InChI is InChI=1S/C14H15FN2O2/c15-12-2-1-11-3-4-17(13(11)9-12)10-14(18)16-5-7-19-8-6-16/h1-4,9H,5-8,10H2. The molecule has 1 aromatic heterocycles. The molecule has 1 aliphatic heterocycles. The molecule has 1 aromatic carbocycles. The van der Waals surface area contributed by atoms with E-state index in [1.807, 2.05) is 12.3 Å². The van der Waals surface area contributed by atoms with Crippen LogP contribution in [0, 0.1) is 5.82 Å². The van der Waals surface area contributed by atoms with Gasteiger partial charge in [0.2, 0.25) is 5.91 Å². The van der Waals surface area contributed by atoms with Gasteiger partial charge in [0.1, 0.15) is 12.4 Å². The van der Waals surface area contributed by atoms with Crippen LogP contribution in [0.3, 0.4) is 0 Å². The maximum atomic E-state index is 13.3. The minimum Gasteiger partial charge on any atom is -0.378 e. The van der Waals surface area contributed by atoms with Crippen molar-refractivity contribution in [2.45, 2.75) is 6.54 Å². The van der Waals surface area contributed by atoms with Crippen molar-refractivity contribution < 1.29 is 13.9 Å². The maximum Gasteiger partial charge on any atom is 0.242 e. The number of ether oxygens (including phenoxy) is 1. The molecule has 2 aromatic rings. The smallest absolute Gasteiger partial charge is 0.242 e. The summed E-state index contributed by atoms with van der Waals surface area (Å²) in [4.78, 5) is 13.9. The third-order valence-corrected chi connectivity index (χ3v) is 3.41. The van der Waals surface area contributed by atoms with E-state index in [2.05, 4.69) is 0 Å². The third-order valence-electron chi connectivity index (χ3n) is 3.41. The van der Waals surface area contributed by atoms with Gasteiger partial charge in [0.05, 0.1) is 18.7 Å². The van der Waals surface area contributed by atoms with Crippen molar-refractivity contribution in [2.75, 3.05) is 26.3 Å². The van der Waals surface area contributed by atoms with Gasteiger partial charge in [-0.2, -0.15) is 0 Å². The summed E-state index contributed by atoms with van der Waals surface area (Å²) in [5, 5.41) is 0.941. The number of fused-ring (bicyclic) bond motifs is 1. The highest BCUT2D eigenvalue weighted by Gasteiger charge is 2.17. The van der Waals surface area contributed by atoms with Crippen LogP contribution in [0.2, 0.25) is 0 Å². The molecule has 0 bridgehead atoms. The maximum absolute atomic E-state index is 13.3. The second-order valence-electron chi connectivity index (χ2n) is 4.64. The Bertz CT molecular complexity index is 603. The zero-order chi connectivity index (χ0) is 13.2. The second kappa shape index (κ2) is 5.01. The fourth-order valence-corrected chi connectivity index (χ4v) is 2.35. The topological polar surface area (TPSA) is 34.5 Å². The summed E-state index contributed by atoms with van der Waals surface area (Å²) in [6.45, 7) is 2.69. The Morgan fingerprint density at radius 2 is 2.05 bits per heavy atom. The highest BCUT2D eigenvalue weighted by Crippen LogP contribution is 2.17. The first-order valence-electron chi connectivity index (χ1n) is 6.34. The molecule has 0 aliphatic carbocycles. The molecule has 5 heteroatoms. The van der Waals surface area contributed by atoms with Crippen LogP contribution in [0.25, 0.3) is 10.9 Å². The lowest BCUT2D eigenvalue weighted by Gasteiger charge is -2.27. The van der Waals surface area contributed by atoms with Crippen molar-refractivity contribution >= 4 is 16.8 Å². The highest BCUT2D eigenvalue weighted by atomic mass is 19.1. The van der Waals surface area contributed by atoms with Crippen molar-refractivity contribution in [2.24, 2.45) is 0 Å². The van der Waals surface area contributed by atoms with Gasteiger partial charge in [-0.05, 0) is 29.7 Å². The largest absolute Gasteiger partial charge is 0.378 e. The van der Waals surface area contributed by atoms with Gasteiger partial charge in [0.25, 0.3) is 0 Å². The molecule has 1 fully saturated rings. The van der Waals surface area contributed by atoms with Crippen molar-refractivity contribution in [3.05, 3.63) is 36.3 Å². The van der Waals surface area contributed by atoms with Gasteiger partial charge in [0.15, 0.2) is 0 Å². The minimum absolute atomic E-state index is 0.0464. The van der Waals surface area contributed by atoms with E-state index < -0.39 is 0 Å². The summed E-state index contributed by atoms with van der Waals surface area (Å²) in [6.07, 6.45) is 1.82. The van der Waals surface area contributed by atoms with E-state index in [9.17, 15) is 9.18 Å². The van der Waals surface area contributed by atoms with Crippen molar-refractivity contribution in [1.29, 1.82) is 0 Å². The molecule has 0 atom stereocenters. The Balaban J connectivity index is 1.80. The molecule has 100 valence electrons. The van der Waals surface area contributed by atoms with E-state index in [1.165, 1.54) is 12.1 Å². The first-order chi connectivity index (χ1) is 9.24. The number of hydrogen-bond acceptors (Lipinski definition) is 2. The predicted octanol–water partition coefficient (Wildman–Crippen LogP) is 1.64. The first kappa shape index (κ1) is 12.2. The fraction of sp³-hybridized carbons (Fsp3) is 0.357. The van der Waals surface area contributed by atoms with E-state index in [4.69, 9.17) is 4.74 Å². The Morgan fingerprint density at radius 3 is 2.84 bits per heavy atom. The Hall–Kier alpha value is -1.88. The summed E-state index contributed by atoms with van der Waals surface area (Å²) < 4.78 is 20.3. The Kier molecular flexibility index (Phi) is 3.21.